The van der Waals surface area contributed by atoms with Gasteiger partial charge in [0.25, 0.3) is 5.91 Å². The predicted molar refractivity (Wildman–Crippen MR) is 230 cm³/mol. The number of benzene rings is 3. The minimum absolute atomic E-state index is 0.123. The first kappa shape index (κ1) is 41.2. The molecule has 14 heteroatoms. The Morgan fingerprint density at radius 2 is 1.53 bits per heavy atom. The molecule has 0 saturated carbocycles. The number of hydrogen-bond donors (Lipinski definition) is 5. The van der Waals surface area contributed by atoms with Crippen LogP contribution in [0, 0.1) is 12.8 Å². The molecule has 59 heavy (non-hydrogen) atoms. The maximum Gasteiger partial charge on any atom is 0.328 e. The third kappa shape index (κ3) is 9.67. The van der Waals surface area contributed by atoms with Crippen molar-refractivity contribution in [2.45, 2.75) is 45.1 Å². The van der Waals surface area contributed by atoms with Crippen LogP contribution < -0.4 is 27.4 Å². The number of hydrogen-bond acceptors (Lipinski definition) is 10. The van der Waals surface area contributed by atoms with Gasteiger partial charge in [-0.25, -0.2) is 4.79 Å². The lowest BCUT2D eigenvalue weighted by molar-refractivity contribution is -0.120. The maximum absolute atomic E-state index is 12.8. The maximum atomic E-state index is 12.8. The number of phenols is 1. The van der Waals surface area contributed by atoms with Gasteiger partial charge in [-0.2, -0.15) is 0 Å². The van der Waals surface area contributed by atoms with Gasteiger partial charge in [-0.15, -0.1) is 0 Å². The summed E-state index contributed by atoms with van der Waals surface area (Å²) in [4.78, 5) is 45.3. The van der Waals surface area contributed by atoms with E-state index in [0.717, 1.165) is 80.6 Å². The number of phenolic OH excluding ortho intramolecular Hbond substituents is 1. The van der Waals surface area contributed by atoms with Crippen molar-refractivity contribution in [1.82, 2.24) is 24.6 Å². The second kappa shape index (κ2) is 18.7. The van der Waals surface area contributed by atoms with Gasteiger partial charge in [-0.05, 0) is 87.1 Å². The highest BCUT2D eigenvalue weighted by Gasteiger charge is 2.30. The van der Waals surface area contributed by atoms with Crippen molar-refractivity contribution in [3.63, 3.8) is 0 Å². The third-order valence-corrected chi connectivity index (χ3v) is 11.9. The number of nitrogens with two attached hydrogens (primary N) is 3. The number of aryl methyl sites for hydroxylation is 1. The largest absolute Gasteiger partial charge is 0.507 e. The number of nitrogens with zero attached hydrogens (tertiary/aromatic N) is 5. The Morgan fingerprint density at radius 3 is 2.20 bits per heavy atom. The van der Waals surface area contributed by atoms with E-state index in [4.69, 9.17) is 21.9 Å². The number of allylic oxidation sites excluding steroid dienone is 1. The van der Waals surface area contributed by atoms with Crippen LogP contribution in [0.4, 0.5) is 10.5 Å². The molecule has 0 unspecified atom stereocenters. The number of piperidine rings is 2. The van der Waals surface area contributed by atoms with Gasteiger partial charge in [-0.3, -0.25) is 19.8 Å². The van der Waals surface area contributed by atoms with Crippen LogP contribution in [0.3, 0.4) is 0 Å². The van der Waals surface area contributed by atoms with E-state index in [1.54, 1.807) is 35.2 Å². The molecule has 5 heterocycles. The average molecular weight is 804 g/mol. The molecule has 4 fully saturated rings. The number of likely N-dealkylation sites (tertiary alicyclic amines) is 2. The van der Waals surface area contributed by atoms with E-state index >= 15 is 0 Å². The number of aromatic hydroxyl groups is 1. The zero-order valence-electron chi connectivity index (χ0n) is 33.9. The third-order valence-electron chi connectivity index (χ3n) is 11.9. The van der Waals surface area contributed by atoms with Gasteiger partial charge in [0, 0.05) is 92.7 Å². The zero-order chi connectivity index (χ0) is 41.5. The van der Waals surface area contributed by atoms with Crippen molar-refractivity contribution in [3.8, 4) is 5.75 Å². The Kier molecular flexibility index (Phi) is 13.1. The zero-order valence-corrected chi connectivity index (χ0v) is 33.9. The number of morpholine rings is 1. The summed E-state index contributed by atoms with van der Waals surface area (Å²) in [6.45, 7) is 10.2. The average Bonchev–Trinajstić information content (AvgIpc) is 3.60. The fourth-order valence-corrected chi connectivity index (χ4v) is 8.79. The van der Waals surface area contributed by atoms with Gasteiger partial charge in [0.1, 0.15) is 11.6 Å². The molecule has 1 aromatic heterocycles. The number of nitrogens with one attached hydrogen (secondary N) is 1. The monoisotopic (exact) mass is 803 g/mol. The fourth-order valence-electron chi connectivity index (χ4n) is 8.79. The number of urea groups is 1. The van der Waals surface area contributed by atoms with E-state index in [-0.39, 0.29) is 29.4 Å². The Bertz CT molecular complexity index is 2180. The van der Waals surface area contributed by atoms with E-state index < -0.39 is 0 Å². The topological polar surface area (TPSA) is 189 Å². The summed E-state index contributed by atoms with van der Waals surface area (Å²) in [5.41, 5.74) is 23.2. The molecule has 4 aliphatic rings. The van der Waals surface area contributed by atoms with Gasteiger partial charge in [-0.1, -0.05) is 36.4 Å². The highest BCUT2D eigenvalue weighted by atomic mass is 16.5. The molecule has 4 saturated heterocycles. The van der Waals surface area contributed by atoms with Crippen LogP contribution in [-0.4, -0.2) is 108 Å². The SMILES string of the molecule is Cc1cc2c(N3CCC(=O)NC3=O)cccc2n1C1CCN(CC2CCN(C(=O)c3ccccc3)CC2)CC1.NC(N)=C(/C=C(\N)c1ccccc1O)N1CCOCC1. The lowest BCUT2D eigenvalue weighted by atomic mass is 9.94. The van der Waals surface area contributed by atoms with Crippen molar-refractivity contribution in [3.05, 3.63) is 113 Å². The van der Waals surface area contributed by atoms with Gasteiger partial charge in [0.15, 0.2) is 0 Å². The first-order valence-corrected chi connectivity index (χ1v) is 20.7. The number of anilines is 1. The van der Waals surface area contributed by atoms with E-state index in [1.807, 2.05) is 52.3 Å². The van der Waals surface area contributed by atoms with Crippen LogP contribution in [-0.2, 0) is 9.53 Å². The van der Waals surface area contributed by atoms with Crippen LogP contribution >= 0.6 is 0 Å². The van der Waals surface area contributed by atoms with Gasteiger partial charge < -0.3 is 46.3 Å². The highest BCUT2D eigenvalue weighted by Crippen LogP contribution is 2.36. The number of carbonyl (C=O) groups excluding carboxylic acids is 3. The van der Waals surface area contributed by atoms with Gasteiger partial charge in [0.2, 0.25) is 5.91 Å². The summed E-state index contributed by atoms with van der Waals surface area (Å²) in [5.74, 6) is 0.904. The van der Waals surface area contributed by atoms with Gasteiger partial charge >= 0.3 is 6.03 Å². The molecule has 3 aromatic carbocycles. The number of para-hydroxylation sites is 1. The normalized spacial score (nSPS) is 18.7. The molecule has 8 N–H and O–H groups in total. The summed E-state index contributed by atoms with van der Waals surface area (Å²) in [6.07, 6.45) is 6.34. The van der Waals surface area contributed by atoms with Crippen LogP contribution in [0.1, 0.15) is 59.8 Å². The molecule has 14 nitrogen and oxygen atoms in total. The Morgan fingerprint density at radius 1 is 0.831 bits per heavy atom. The Hall–Kier alpha value is -5.99. The quantitative estimate of drug-likeness (QED) is 0.156. The molecule has 4 aromatic rings. The lowest BCUT2D eigenvalue weighted by Crippen LogP contribution is -2.49. The highest BCUT2D eigenvalue weighted by molar-refractivity contribution is 6.09. The number of carbonyl (C=O) groups is 3. The van der Waals surface area contributed by atoms with E-state index in [2.05, 4.69) is 33.8 Å². The van der Waals surface area contributed by atoms with E-state index in [0.29, 0.717) is 68.2 Å². The second-order valence-electron chi connectivity index (χ2n) is 15.8. The Balaban J connectivity index is 0.000000222. The molecule has 312 valence electrons. The molecular weight excluding hydrogens is 747 g/mol. The molecular formula is C45H57N9O5. The predicted octanol–water partition coefficient (Wildman–Crippen LogP) is 4.70. The minimum atomic E-state index is -0.340. The summed E-state index contributed by atoms with van der Waals surface area (Å²) >= 11 is 0. The van der Waals surface area contributed by atoms with E-state index in [1.165, 1.54) is 5.69 Å². The summed E-state index contributed by atoms with van der Waals surface area (Å²) < 4.78 is 7.76. The number of aromatic nitrogens is 1. The molecule has 0 radical (unpaired) electrons. The van der Waals surface area contributed by atoms with Crippen LogP contribution in [0.15, 0.2) is 96.5 Å². The number of amides is 4. The van der Waals surface area contributed by atoms with Crippen molar-refractivity contribution in [2.75, 3.05) is 70.5 Å². The van der Waals surface area contributed by atoms with Crippen LogP contribution in [0.2, 0.25) is 0 Å². The van der Waals surface area contributed by atoms with Gasteiger partial charge in [0.05, 0.1) is 30.1 Å². The lowest BCUT2D eigenvalue weighted by Gasteiger charge is -2.38. The molecule has 0 bridgehead atoms. The number of rotatable bonds is 8. The summed E-state index contributed by atoms with van der Waals surface area (Å²) in [5, 5.41) is 13.3. The molecule has 0 aliphatic carbocycles. The molecule has 8 rings (SSSR count). The number of ether oxygens (including phenoxy) is 1. The molecule has 4 amide bonds. The number of imide groups is 1. The van der Waals surface area contributed by atoms with Crippen molar-refractivity contribution >= 4 is 40.1 Å². The molecule has 0 atom stereocenters. The van der Waals surface area contributed by atoms with Crippen LogP contribution in [0.5, 0.6) is 5.75 Å². The van der Waals surface area contributed by atoms with Crippen molar-refractivity contribution in [2.24, 2.45) is 23.1 Å². The van der Waals surface area contributed by atoms with E-state index in [9.17, 15) is 19.5 Å². The molecule has 0 spiro atoms. The first-order valence-electron chi connectivity index (χ1n) is 20.7. The first-order chi connectivity index (χ1) is 28.6. The van der Waals surface area contributed by atoms with Crippen LogP contribution in [0.25, 0.3) is 16.6 Å². The standard InChI is InChI=1S/C31H37N5O3.C14H20N4O2/c1-22-20-26-27(35-19-14-29(37)32-31(35)39)8-5-9-28(26)36(22)25-12-15-33(16-13-25)21-23-10-17-34(18-11-23)30(38)24-6-3-2-4-7-24;15-11(10-3-1-2-4-13(10)19)9-12(14(16)17)18-5-7-20-8-6-18/h2-9,20,23,25H,10-19,21H2,1H3,(H,32,37,39);1-4,9,19H,5-8,15-17H2/b;11-9-. The smallest absolute Gasteiger partial charge is 0.328 e. The second-order valence-corrected chi connectivity index (χ2v) is 15.8. The Labute approximate surface area is 345 Å². The molecule has 4 aliphatic heterocycles. The summed E-state index contributed by atoms with van der Waals surface area (Å²) in [6, 6.07) is 24.9. The fraction of sp³-hybridized carbons (Fsp3) is 0.400. The summed E-state index contributed by atoms with van der Waals surface area (Å²) in [7, 11) is 0. The van der Waals surface area contributed by atoms with Crippen molar-refractivity contribution in [1.29, 1.82) is 0 Å². The van der Waals surface area contributed by atoms with Crippen molar-refractivity contribution < 1.29 is 24.2 Å². The minimum Gasteiger partial charge on any atom is -0.507 e. The number of fused-ring (bicyclic) bond motifs is 1.